The number of phenolic OH excluding ortho intramolecular Hbond substituents is 1. The van der Waals surface area contributed by atoms with E-state index in [0.717, 1.165) is 11.1 Å². The summed E-state index contributed by atoms with van der Waals surface area (Å²) in [6, 6.07) is 3.43. The number of aldehydes is 1. The average Bonchev–Trinajstić information content (AvgIpc) is 2.44. The zero-order chi connectivity index (χ0) is 14.6. The number of hydrogen-bond acceptors (Lipinski definition) is 3. The van der Waals surface area contributed by atoms with Crippen molar-refractivity contribution in [2.45, 2.75) is 34.6 Å². The van der Waals surface area contributed by atoms with Crippen molar-refractivity contribution in [2.75, 3.05) is 12.4 Å². The number of aromatic hydroxyl groups is 1. The molecule has 0 unspecified atom stereocenters. The first kappa shape index (κ1) is 18.6. The summed E-state index contributed by atoms with van der Waals surface area (Å²) >= 11 is 0. The third-order valence-corrected chi connectivity index (χ3v) is 2.03. The van der Waals surface area contributed by atoms with Gasteiger partial charge in [-0.05, 0) is 30.7 Å². The highest BCUT2D eigenvalue weighted by Crippen LogP contribution is 2.30. The summed E-state index contributed by atoms with van der Waals surface area (Å²) in [6.07, 6.45) is 3.79. The highest BCUT2D eigenvalue weighted by Gasteiger charge is 2.05. The fraction of sp³-hybridized carbons (Fsp3) is 0.400. The molecular weight excluding hydrogens is 226 g/mol. The van der Waals surface area contributed by atoms with E-state index in [-0.39, 0.29) is 5.75 Å². The second-order valence-electron chi connectivity index (χ2n) is 2.94. The second-order valence-corrected chi connectivity index (χ2v) is 2.94. The fourth-order valence-corrected chi connectivity index (χ4v) is 1.33. The van der Waals surface area contributed by atoms with Crippen molar-refractivity contribution < 1.29 is 9.90 Å². The van der Waals surface area contributed by atoms with Crippen molar-refractivity contribution in [3.05, 3.63) is 29.3 Å². The van der Waals surface area contributed by atoms with Crippen LogP contribution in [0.5, 0.6) is 5.75 Å². The minimum Gasteiger partial charge on any atom is -0.506 e. The van der Waals surface area contributed by atoms with Crippen molar-refractivity contribution in [2.24, 2.45) is 0 Å². The van der Waals surface area contributed by atoms with Gasteiger partial charge in [0.05, 0.1) is 5.69 Å². The van der Waals surface area contributed by atoms with Gasteiger partial charge in [0.2, 0.25) is 0 Å². The van der Waals surface area contributed by atoms with Crippen molar-refractivity contribution in [3.63, 3.8) is 0 Å². The van der Waals surface area contributed by atoms with Gasteiger partial charge in [-0.25, -0.2) is 0 Å². The molecule has 0 spiro atoms. The lowest BCUT2D eigenvalue weighted by Gasteiger charge is -2.10. The van der Waals surface area contributed by atoms with Crippen LogP contribution in [0.1, 0.15) is 38.8 Å². The first-order valence-corrected chi connectivity index (χ1v) is 6.33. The lowest BCUT2D eigenvalue weighted by molar-refractivity contribution is -0.104. The van der Waals surface area contributed by atoms with Crippen molar-refractivity contribution in [1.82, 2.24) is 0 Å². The molecule has 1 aromatic carbocycles. The number of nitrogens with one attached hydrogen (secondary N) is 1. The van der Waals surface area contributed by atoms with Crippen LogP contribution in [-0.4, -0.2) is 18.4 Å². The number of benzene rings is 1. The van der Waals surface area contributed by atoms with Gasteiger partial charge in [-0.15, -0.1) is 0 Å². The number of hydrogen-bond donors (Lipinski definition) is 2. The van der Waals surface area contributed by atoms with Gasteiger partial charge in [-0.1, -0.05) is 33.8 Å². The second kappa shape index (κ2) is 11.7. The fourth-order valence-electron chi connectivity index (χ4n) is 1.33. The van der Waals surface area contributed by atoms with Crippen molar-refractivity contribution in [1.29, 1.82) is 0 Å². The maximum atomic E-state index is 10.2. The molecule has 102 valence electrons. The SMILES string of the molecule is CC.CC.CNc1c(O)ccc(C)c1/C=C\C=O. The van der Waals surface area contributed by atoms with Crippen LogP contribution < -0.4 is 5.32 Å². The van der Waals surface area contributed by atoms with Crippen LogP contribution in [0.3, 0.4) is 0 Å². The Bertz CT molecular complexity index is 371. The van der Waals surface area contributed by atoms with Gasteiger partial charge in [0.15, 0.2) is 0 Å². The zero-order valence-corrected chi connectivity index (χ0v) is 12.2. The Balaban J connectivity index is 0. The van der Waals surface area contributed by atoms with E-state index < -0.39 is 0 Å². The van der Waals surface area contributed by atoms with Gasteiger partial charge in [0.1, 0.15) is 12.0 Å². The van der Waals surface area contributed by atoms with Crippen LogP contribution in [0.25, 0.3) is 6.08 Å². The summed E-state index contributed by atoms with van der Waals surface area (Å²) in [5, 5.41) is 12.4. The van der Waals surface area contributed by atoms with Crippen LogP contribution in [0.2, 0.25) is 0 Å². The first-order valence-electron chi connectivity index (χ1n) is 6.33. The molecule has 0 saturated carbocycles. The number of allylic oxidation sites excluding steroid dienone is 1. The molecule has 0 atom stereocenters. The first-order chi connectivity index (χ1) is 8.70. The summed E-state index contributed by atoms with van der Waals surface area (Å²) in [5.41, 5.74) is 2.48. The predicted octanol–water partition coefficient (Wildman–Crippen LogP) is 4.01. The van der Waals surface area contributed by atoms with E-state index in [1.807, 2.05) is 34.6 Å². The molecule has 0 aliphatic carbocycles. The molecule has 0 aromatic heterocycles. The Labute approximate surface area is 111 Å². The molecular formula is C15H25NO2. The lowest BCUT2D eigenvalue weighted by atomic mass is 10.1. The molecule has 0 bridgehead atoms. The van der Waals surface area contributed by atoms with E-state index in [0.29, 0.717) is 12.0 Å². The quantitative estimate of drug-likeness (QED) is 0.485. The van der Waals surface area contributed by atoms with Gasteiger partial charge in [-0.2, -0.15) is 0 Å². The highest BCUT2D eigenvalue weighted by molar-refractivity contribution is 5.81. The molecule has 0 radical (unpaired) electrons. The van der Waals surface area contributed by atoms with E-state index in [2.05, 4.69) is 5.32 Å². The number of anilines is 1. The minimum atomic E-state index is 0.184. The maximum Gasteiger partial charge on any atom is 0.142 e. The van der Waals surface area contributed by atoms with E-state index in [9.17, 15) is 9.90 Å². The molecule has 2 N–H and O–H groups in total. The Morgan fingerprint density at radius 1 is 1.17 bits per heavy atom. The number of carbonyl (C=O) groups excluding carboxylic acids is 1. The number of phenols is 1. The smallest absolute Gasteiger partial charge is 0.142 e. The molecule has 0 saturated heterocycles. The molecule has 0 heterocycles. The normalized spacial score (nSPS) is 8.78. The Kier molecular flexibility index (Phi) is 12.1. The van der Waals surface area contributed by atoms with Crippen LogP contribution >= 0.6 is 0 Å². The molecule has 1 rings (SSSR count). The third kappa shape index (κ3) is 5.53. The Morgan fingerprint density at radius 3 is 2.17 bits per heavy atom. The standard InChI is InChI=1S/C11H13NO2.2C2H6/c1-8-5-6-10(14)11(12-2)9(8)4-3-7-13;2*1-2/h3-7,12,14H,1-2H3;2*1-2H3/b4-3-;;. The highest BCUT2D eigenvalue weighted by atomic mass is 16.3. The molecule has 1 aromatic rings. The largest absolute Gasteiger partial charge is 0.506 e. The molecule has 18 heavy (non-hydrogen) atoms. The monoisotopic (exact) mass is 251 g/mol. The summed E-state index contributed by atoms with van der Waals surface area (Å²) in [5.74, 6) is 0.184. The Morgan fingerprint density at radius 2 is 1.72 bits per heavy atom. The van der Waals surface area contributed by atoms with Gasteiger partial charge < -0.3 is 10.4 Å². The number of carbonyl (C=O) groups is 1. The molecule has 3 nitrogen and oxygen atoms in total. The van der Waals surface area contributed by atoms with Crippen LogP contribution in [0, 0.1) is 6.92 Å². The van der Waals surface area contributed by atoms with Crippen LogP contribution in [0.4, 0.5) is 5.69 Å². The maximum absolute atomic E-state index is 10.2. The van der Waals surface area contributed by atoms with E-state index in [4.69, 9.17) is 0 Å². The van der Waals surface area contributed by atoms with Crippen molar-refractivity contribution in [3.8, 4) is 5.75 Å². The van der Waals surface area contributed by atoms with Gasteiger partial charge in [0, 0.05) is 12.6 Å². The minimum absolute atomic E-state index is 0.184. The van der Waals surface area contributed by atoms with Crippen LogP contribution in [0.15, 0.2) is 18.2 Å². The summed E-state index contributed by atoms with van der Waals surface area (Å²) in [4.78, 5) is 10.2. The topological polar surface area (TPSA) is 49.3 Å². The van der Waals surface area contributed by atoms with Gasteiger partial charge >= 0.3 is 0 Å². The molecule has 3 heteroatoms. The molecule has 0 amide bonds. The zero-order valence-electron chi connectivity index (χ0n) is 12.2. The third-order valence-electron chi connectivity index (χ3n) is 2.03. The molecule has 0 aliphatic heterocycles. The lowest BCUT2D eigenvalue weighted by Crippen LogP contribution is -1.94. The number of rotatable bonds is 3. The average molecular weight is 251 g/mol. The molecule has 0 aliphatic rings. The van der Waals surface area contributed by atoms with Crippen LogP contribution in [-0.2, 0) is 4.79 Å². The summed E-state index contributed by atoms with van der Waals surface area (Å²) in [7, 11) is 1.73. The summed E-state index contributed by atoms with van der Waals surface area (Å²) < 4.78 is 0. The van der Waals surface area contributed by atoms with E-state index >= 15 is 0 Å². The predicted molar refractivity (Wildman–Crippen MR) is 80.2 cm³/mol. The number of aryl methyl sites for hydroxylation is 1. The molecule has 0 fully saturated rings. The van der Waals surface area contributed by atoms with E-state index in [1.165, 1.54) is 6.08 Å². The Hall–Kier alpha value is -1.77. The summed E-state index contributed by atoms with van der Waals surface area (Å²) in [6.45, 7) is 9.92. The van der Waals surface area contributed by atoms with Gasteiger partial charge in [0.25, 0.3) is 0 Å². The van der Waals surface area contributed by atoms with Gasteiger partial charge in [-0.3, -0.25) is 4.79 Å². The van der Waals surface area contributed by atoms with Crippen molar-refractivity contribution >= 4 is 18.0 Å². The van der Waals surface area contributed by atoms with E-state index in [1.54, 1.807) is 25.3 Å².